The van der Waals surface area contributed by atoms with Crippen LogP contribution in [0.15, 0.2) is 47.6 Å². The third-order valence-electron chi connectivity index (χ3n) is 2.90. The summed E-state index contributed by atoms with van der Waals surface area (Å²) in [6, 6.07) is 9.90. The number of anilines is 1. The van der Waals surface area contributed by atoms with Gasteiger partial charge in [-0.25, -0.2) is 5.43 Å². The van der Waals surface area contributed by atoms with E-state index in [0.717, 1.165) is 18.3 Å². The largest absolute Gasteiger partial charge is 0.502 e. The molecule has 0 aliphatic carbocycles. The van der Waals surface area contributed by atoms with Gasteiger partial charge < -0.3 is 10.4 Å². The van der Waals surface area contributed by atoms with Gasteiger partial charge >= 0.3 is 17.5 Å². The number of phenolic OH excluding ortho intramolecular Hbond substituents is 1. The molecule has 0 unspecified atom stereocenters. The van der Waals surface area contributed by atoms with Gasteiger partial charge in [-0.2, -0.15) is 5.10 Å². The lowest BCUT2D eigenvalue weighted by Crippen LogP contribution is -2.32. The Morgan fingerprint density at radius 3 is 2.60 bits per heavy atom. The van der Waals surface area contributed by atoms with E-state index in [0.29, 0.717) is 0 Å². The van der Waals surface area contributed by atoms with Gasteiger partial charge in [0.25, 0.3) is 0 Å². The number of carbonyl (C=O) groups excluding carboxylic acids is 2. The Kier molecular flexibility index (Phi) is 5.64. The number of para-hydroxylation sites is 1. The molecule has 0 radical (unpaired) electrons. The van der Waals surface area contributed by atoms with Crippen LogP contribution in [-0.2, 0) is 9.59 Å². The Morgan fingerprint density at radius 2 is 1.92 bits per heavy atom. The predicted molar refractivity (Wildman–Crippen MR) is 90.6 cm³/mol. The summed E-state index contributed by atoms with van der Waals surface area (Å²) in [6.07, 6.45) is 1.09. The average molecular weight is 363 g/mol. The molecule has 0 bridgehead atoms. The fraction of sp³-hybridized carbons (Fsp3) is 0. The van der Waals surface area contributed by atoms with E-state index in [9.17, 15) is 24.8 Å². The molecule has 25 heavy (non-hydrogen) atoms. The van der Waals surface area contributed by atoms with Crippen molar-refractivity contribution in [3.05, 3.63) is 63.2 Å². The van der Waals surface area contributed by atoms with E-state index in [1.807, 2.05) is 5.43 Å². The zero-order valence-electron chi connectivity index (χ0n) is 12.5. The van der Waals surface area contributed by atoms with Crippen molar-refractivity contribution in [2.45, 2.75) is 0 Å². The molecule has 0 saturated carbocycles. The minimum atomic E-state index is -1.05. The average Bonchev–Trinajstić information content (AvgIpc) is 2.58. The number of benzene rings is 2. The van der Waals surface area contributed by atoms with E-state index in [1.54, 1.807) is 18.2 Å². The molecule has 2 aromatic carbocycles. The smallest absolute Gasteiger partial charge is 0.329 e. The number of rotatable bonds is 4. The van der Waals surface area contributed by atoms with Gasteiger partial charge in [0.05, 0.1) is 21.8 Å². The van der Waals surface area contributed by atoms with Crippen molar-refractivity contribution in [3.63, 3.8) is 0 Å². The first-order valence-corrected chi connectivity index (χ1v) is 7.12. The number of nitro groups is 1. The molecule has 0 aliphatic rings. The normalized spacial score (nSPS) is 10.4. The van der Waals surface area contributed by atoms with E-state index in [1.165, 1.54) is 12.1 Å². The summed E-state index contributed by atoms with van der Waals surface area (Å²) >= 11 is 5.86. The van der Waals surface area contributed by atoms with E-state index >= 15 is 0 Å². The predicted octanol–water partition coefficient (Wildman–Crippen LogP) is 2.04. The third-order valence-corrected chi connectivity index (χ3v) is 3.23. The molecule has 0 saturated heterocycles. The highest BCUT2D eigenvalue weighted by Crippen LogP contribution is 2.25. The van der Waals surface area contributed by atoms with E-state index < -0.39 is 28.2 Å². The standard InChI is InChI=1S/C15H11ClN4O5/c16-10-3-1-2-4-11(10)18-14(22)15(23)19-17-8-9-5-6-13(21)12(7-9)20(24)25/h1-8,21H,(H,18,22)(H,19,23)/b17-8+. The highest BCUT2D eigenvalue weighted by Gasteiger charge is 2.15. The summed E-state index contributed by atoms with van der Waals surface area (Å²) in [4.78, 5) is 33.3. The SMILES string of the molecule is O=C(N/N=C/c1ccc(O)c([N+](=O)[O-])c1)C(=O)Nc1ccccc1Cl. The first-order valence-electron chi connectivity index (χ1n) is 6.75. The van der Waals surface area contributed by atoms with Crippen LogP contribution >= 0.6 is 11.6 Å². The van der Waals surface area contributed by atoms with Crippen LogP contribution in [0.4, 0.5) is 11.4 Å². The molecular formula is C15H11ClN4O5. The van der Waals surface area contributed by atoms with Crippen LogP contribution < -0.4 is 10.7 Å². The second kappa shape index (κ2) is 7.88. The zero-order valence-corrected chi connectivity index (χ0v) is 13.2. The Hall–Kier alpha value is -3.46. The van der Waals surface area contributed by atoms with Gasteiger partial charge in [0.1, 0.15) is 0 Å². The van der Waals surface area contributed by atoms with Crippen LogP contribution in [0.25, 0.3) is 0 Å². The Bertz CT molecular complexity index is 869. The molecule has 2 aromatic rings. The first-order chi connectivity index (χ1) is 11.9. The number of nitrogens with one attached hydrogen (secondary N) is 2. The molecule has 2 amide bonds. The number of nitro benzene ring substituents is 1. The van der Waals surface area contributed by atoms with Crippen LogP contribution in [0.3, 0.4) is 0 Å². The first kappa shape index (κ1) is 17.9. The number of aromatic hydroxyl groups is 1. The van der Waals surface area contributed by atoms with Gasteiger partial charge in [0.15, 0.2) is 5.75 Å². The summed E-state index contributed by atoms with van der Waals surface area (Å²) in [6.45, 7) is 0. The second-order valence-corrected chi connectivity index (χ2v) is 5.05. The zero-order chi connectivity index (χ0) is 18.4. The molecule has 3 N–H and O–H groups in total. The number of hydrazone groups is 1. The lowest BCUT2D eigenvalue weighted by Gasteiger charge is -2.05. The molecule has 0 fully saturated rings. The number of phenols is 1. The van der Waals surface area contributed by atoms with Crippen molar-refractivity contribution in [3.8, 4) is 5.75 Å². The van der Waals surface area contributed by atoms with Crippen molar-refractivity contribution in [2.75, 3.05) is 5.32 Å². The molecular weight excluding hydrogens is 352 g/mol. The van der Waals surface area contributed by atoms with Gasteiger partial charge in [-0.15, -0.1) is 0 Å². The van der Waals surface area contributed by atoms with E-state index in [2.05, 4.69) is 10.4 Å². The summed E-state index contributed by atoms with van der Waals surface area (Å²) < 4.78 is 0. The van der Waals surface area contributed by atoms with Gasteiger partial charge in [-0.1, -0.05) is 23.7 Å². The van der Waals surface area contributed by atoms with Crippen LogP contribution in [0.5, 0.6) is 5.75 Å². The van der Waals surface area contributed by atoms with Gasteiger partial charge in [-0.3, -0.25) is 19.7 Å². The van der Waals surface area contributed by atoms with Crippen molar-refractivity contribution in [2.24, 2.45) is 5.10 Å². The Labute approximate surface area is 146 Å². The van der Waals surface area contributed by atoms with Crippen molar-refractivity contribution in [1.82, 2.24) is 5.43 Å². The molecule has 0 aliphatic heterocycles. The Balaban J connectivity index is 1.98. The van der Waals surface area contributed by atoms with Crippen LogP contribution in [0.2, 0.25) is 5.02 Å². The summed E-state index contributed by atoms with van der Waals surface area (Å²) in [7, 11) is 0. The second-order valence-electron chi connectivity index (χ2n) is 4.64. The highest BCUT2D eigenvalue weighted by molar-refractivity contribution is 6.41. The van der Waals surface area contributed by atoms with Crippen LogP contribution in [-0.4, -0.2) is 28.1 Å². The van der Waals surface area contributed by atoms with Crippen LogP contribution in [0.1, 0.15) is 5.56 Å². The lowest BCUT2D eigenvalue weighted by atomic mass is 10.2. The maximum atomic E-state index is 11.7. The van der Waals surface area contributed by atoms with E-state index in [-0.39, 0.29) is 16.3 Å². The maximum absolute atomic E-state index is 11.7. The lowest BCUT2D eigenvalue weighted by molar-refractivity contribution is -0.385. The number of hydrogen-bond acceptors (Lipinski definition) is 6. The number of amides is 2. The molecule has 0 heterocycles. The maximum Gasteiger partial charge on any atom is 0.329 e. The monoisotopic (exact) mass is 362 g/mol. The minimum Gasteiger partial charge on any atom is -0.502 e. The quantitative estimate of drug-likeness (QED) is 0.331. The van der Waals surface area contributed by atoms with Crippen molar-refractivity contribution < 1.29 is 19.6 Å². The number of nitrogens with zero attached hydrogens (tertiary/aromatic N) is 2. The van der Waals surface area contributed by atoms with E-state index in [4.69, 9.17) is 11.6 Å². The third kappa shape index (κ3) is 4.75. The number of halogens is 1. The fourth-order valence-electron chi connectivity index (χ4n) is 1.72. The number of carbonyl (C=O) groups is 2. The summed E-state index contributed by atoms with van der Waals surface area (Å²) in [5, 5.41) is 26.2. The summed E-state index contributed by atoms with van der Waals surface area (Å²) in [5.74, 6) is -2.53. The molecule has 0 aromatic heterocycles. The Morgan fingerprint density at radius 1 is 1.20 bits per heavy atom. The summed E-state index contributed by atoms with van der Waals surface area (Å²) in [5.41, 5.74) is 1.98. The van der Waals surface area contributed by atoms with Crippen molar-refractivity contribution in [1.29, 1.82) is 0 Å². The molecule has 128 valence electrons. The highest BCUT2D eigenvalue weighted by atomic mass is 35.5. The van der Waals surface area contributed by atoms with Crippen LogP contribution in [0, 0.1) is 10.1 Å². The molecule has 10 heteroatoms. The minimum absolute atomic E-state index is 0.247. The molecule has 0 spiro atoms. The van der Waals surface area contributed by atoms with Crippen molar-refractivity contribution >= 4 is 41.0 Å². The molecule has 9 nitrogen and oxygen atoms in total. The molecule has 2 rings (SSSR count). The van der Waals surface area contributed by atoms with Gasteiger partial charge in [0, 0.05) is 11.6 Å². The molecule has 0 atom stereocenters. The number of hydrogen-bond donors (Lipinski definition) is 3. The van der Waals surface area contributed by atoms with Gasteiger partial charge in [0.2, 0.25) is 0 Å². The van der Waals surface area contributed by atoms with Gasteiger partial charge in [-0.05, 0) is 24.3 Å². The topological polar surface area (TPSA) is 134 Å². The fourth-order valence-corrected chi connectivity index (χ4v) is 1.91.